The number of nitrogens with one attached hydrogen (secondary N) is 1. The highest BCUT2D eigenvalue weighted by Crippen LogP contribution is 2.16. The largest absolute Gasteiger partial charge is 0.478 e. The average molecular weight is 260 g/mol. The molecule has 0 aliphatic carbocycles. The number of furan rings is 1. The number of carbonyl (C=O) groups excluding carboxylic acids is 1. The van der Waals surface area contributed by atoms with Crippen molar-refractivity contribution in [2.24, 2.45) is 0 Å². The van der Waals surface area contributed by atoms with E-state index in [1.807, 2.05) is 6.92 Å². The fraction of sp³-hybridized carbons (Fsp3) is 0.154. The van der Waals surface area contributed by atoms with Crippen LogP contribution in [0.1, 0.15) is 33.4 Å². The number of aromatic nitrogens is 1. The standard InChI is InChI=1S/C13H12N2O4/c1-2-10-8(5-7-19-10)12(16)15-11-9(13(17)18)4-3-6-14-11/h3-7H,2H2,1H3,(H,17,18)(H,14,15,16). The molecular weight excluding hydrogens is 248 g/mol. The number of aromatic carboxylic acids is 1. The van der Waals surface area contributed by atoms with Crippen molar-refractivity contribution in [2.75, 3.05) is 5.32 Å². The highest BCUT2D eigenvalue weighted by Gasteiger charge is 2.17. The van der Waals surface area contributed by atoms with Gasteiger partial charge in [0.1, 0.15) is 17.1 Å². The maximum atomic E-state index is 12.0. The van der Waals surface area contributed by atoms with Gasteiger partial charge in [-0.1, -0.05) is 6.92 Å². The minimum absolute atomic E-state index is 0.0169. The van der Waals surface area contributed by atoms with Gasteiger partial charge in [-0.05, 0) is 18.2 Å². The Hall–Kier alpha value is -2.63. The number of nitrogens with zero attached hydrogens (tertiary/aromatic N) is 1. The van der Waals surface area contributed by atoms with E-state index in [2.05, 4.69) is 10.3 Å². The summed E-state index contributed by atoms with van der Waals surface area (Å²) >= 11 is 0. The second kappa shape index (κ2) is 5.34. The van der Waals surface area contributed by atoms with Crippen molar-refractivity contribution < 1.29 is 19.1 Å². The third-order valence-corrected chi connectivity index (χ3v) is 2.58. The monoisotopic (exact) mass is 260 g/mol. The summed E-state index contributed by atoms with van der Waals surface area (Å²) in [4.78, 5) is 26.9. The van der Waals surface area contributed by atoms with Crippen molar-refractivity contribution >= 4 is 17.7 Å². The van der Waals surface area contributed by atoms with Crippen molar-refractivity contribution in [3.63, 3.8) is 0 Å². The second-order valence-corrected chi connectivity index (χ2v) is 3.77. The van der Waals surface area contributed by atoms with Gasteiger partial charge in [-0.15, -0.1) is 0 Å². The Morgan fingerprint density at radius 3 is 2.84 bits per heavy atom. The predicted octanol–water partition coefficient (Wildman–Crippen LogP) is 2.19. The number of hydrogen-bond donors (Lipinski definition) is 2. The maximum absolute atomic E-state index is 12.0. The predicted molar refractivity (Wildman–Crippen MR) is 67.2 cm³/mol. The number of amides is 1. The molecular formula is C13H12N2O4. The topological polar surface area (TPSA) is 92.4 Å². The number of carbonyl (C=O) groups is 2. The molecule has 0 aliphatic heterocycles. The van der Waals surface area contributed by atoms with E-state index >= 15 is 0 Å². The number of anilines is 1. The summed E-state index contributed by atoms with van der Waals surface area (Å²) in [5.41, 5.74) is 0.321. The summed E-state index contributed by atoms with van der Waals surface area (Å²) in [6.07, 6.45) is 3.41. The quantitative estimate of drug-likeness (QED) is 0.879. The van der Waals surface area contributed by atoms with Crippen LogP contribution in [0.15, 0.2) is 35.1 Å². The van der Waals surface area contributed by atoms with Crippen molar-refractivity contribution in [3.8, 4) is 0 Å². The lowest BCUT2D eigenvalue weighted by atomic mass is 10.2. The van der Waals surface area contributed by atoms with Gasteiger partial charge in [-0.2, -0.15) is 0 Å². The molecule has 0 aromatic carbocycles. The number of carboxylic acids is 1. The van der Waals surface area contributed by atoms with Crippen LogP contribution in [-0.2, 0) is 6.42 Å². The molecule has 2 rings (SSSR count). The Morgan fingerprint density at radius 1 is 1.37 bits per heavy atom. The molecule has 0 unspecified atom stereocenters. The van der Waals surface area contributed by atoms with Gasteiger partial charge in [0.15, 0.2) is 0 Å². The maximum Gasteiger partial charge on any atom is 0.339 e. The first-order valence-electron chi connectivity index (χ1n) is 5.69. The molecule has 6 heteroatoms. The Bertz CT molecular complexity index is 619. The minimum atomic E-state index is -1.15. The molecule has 0 bridgehead atoms. The fourth-order valence-electron chi connectivity index (χ4n) is 1.67. The van der Waals surface area contributed by atoms with E-state index in [4.69, 9.17) is 9.52 Å². The molecule has 0 spiro atoms. The van der Waals surface area contributed by atoms with Crippen LogP contribution in [0.3, 0.4) is 0 Å². The highest BCUT2D eigenvalue weighted by atomic mass is 16.4. The lowest BCUT2D eigenvalue weighted by Gasteiger charge is -2.06. The zero-order valence-corrected chi connectivity index (χ0v) is 10.2. The highest BCUT2D eigenvalue weighted by molar-refractivity contribution is 6.07. The number of hydrogen-bond acceptors (Lipinski definition) is 4. The van der Waals surface area contributed by atoms with Gasteiger partial charge in [0.05, 0.1) is 11.8 Å². The summed E-state index contributed by atoms with van der Waals surface area (Å²) < 4.78 is 5.15. The van der Waals surface area contributed by atoms with E-state index in [-0.39, 0.29) is 11.4 Å². The fourth-order valence-corrected chi connectivity index (χ4v) is 1.67. The van der Waals surface area contributed by atoms with E-state index in [0.29, 0.717) is 17.7 Å². The zero-order valence-electron chi connectivity index (χ0n) is 10.2. The van der Waals surface area contributed by atoms with Gasteiger partial charge in [-0.3, -0.25) is 4.79 Å². The van der Waals surface area contributed by atoms with Gasteiger partial charge in [0.25, 0.3) is 5.91 Å². The zero-order chi connectivity index (χ0) is 13.8. The molecule has 2 heterocycles. The molecule has 2 aromatic rings. The first kappa shape index (κ1) is 12.8. The van der Waals surface area contributed by atoms with Crippen LogP contribution in [0.2, 0.25) is 0 Å². The summed E-state index contributed by atoms with van der Waals surface area (Å²) in [5.74, 6) is -1.02. The van der Waals surface area contributed by atoms with Gasteiger partial charge >= 0.3 is 5.97 Å². The van der Waals surface area contributed by atoms with Crippen molar-refractivity contribution in [1.82, 2.24) is 4.98 Å². The lowest BCUT2D eigenvalue weighted by Crippen LogP contribution is -2.16. The van der Waals surface area contributed by atoms with Crippen LogP contribution in [0.5, 0.6) is 0 Å². The minimum Gasteiger partial charge on any atom is -0.478 e. The van der Waals surface area contributed by atoms with Crippen LogP contribution in [0.25, 0.3) is 0 Å². The molecule has 0 atom stereocenters. The van der Waals surface area contributed by atoms with Crippen LogP contribution >= 0.6 is 0 Å². The van der Waals surface area contributed by atoms with Crippen molar-refractivity contribution in [2.45, 2.75) is 13.3 Å². The van der Waals surface area contributed by atoms with E-state index in [1.54, 1.807) is 0 Å². The molecule has 0 aliphatic rings. The lowest BCUT2D eigenvalue weighted by molar-refractivity contribution is 0.0697. The average Bonchev–Trinajstić information content (AvgIpc) is 2.87. The van der Waals surface area contributed by atoms with Gasteiger partial charge in [0, 0.05) is 12.6 Å². The molecule has 1 amide bonds. The summed E-state index contributed by atoms with van der Waals surface area (Å²) in [6.45, 7) is 1.86. The van der Waals surface area contributed by atoms with E-state index in [1.165, 1.54) is 30.7 Å². The van der Waals surface area contributed by atoms with Gasteiger partial charge in [0.2, 0.25) is 0 Å². The van der Waals surface area contributed by atoms with Gasteiger partial charge in [-0.25, -0.2) is 9.78 Å². The summed E-state index contributed by atoms with van der Waals surface area (Å²) in [7, 11) is 0. The Kier molecular flexibility index (Phi) is 3.61. The van der Waals surface area contributed by atoms with Crippen molar-refractivity contribution in [3.05, 3.63) is 47.5 Å². The Labute approximate surface area is 109 Å². The molecule has 6 nitrogen and oxygen atoms in total. The molecule has 2 aromatic heterocycles. The Morgan fingerprint density at radius 2 is 2.16 bits per heavy atom. The third-order valence-electron chi connectivity index (χ3n) is 2.58. The van der Waals surface area contributed by atoms with Crippen LogP contribution < -0.4 is 5.32 Å². The van der Waals surface area contributed by atoms with E-state index in [0.717, 1.165) is 0 Å². The molecule has 0 fully saturated rings. The molecule has 0 saturated heterocycles. The SMILES string of the molecule is CCc1occc1C(=O)Nc1ncccc1C(=O)O. The van der Waals surface area contributed by atoms with Crippen LogP contribution in [0, 0.1) is 0 Å². The van der Waals surface area contributed by atoms with E-state index < -0.39 is 11.9 Å². The first-order valence-corrected chi connectivity index (χ1v) is 5.69. The molecule has 2 N–H and O–H groups in total. The third kappa shape index (κ3) is 2.62. The number of aryl methyl sites for hydroxylation is 1. The smallest absolute Gasteiger partial charge is 0.339 e. The summed E-state index contributed by atoms with van der Waals surface area (Å²) in [5, 5.41) is 11.5. The first-order chi connectivity index (χ1) is 9.13. The number of carboxylic acid groups (broad SMARTS) is 1. The van der Waals surface area contributed by atoms with E-state index in [9.17, 15) is 9.59 Å². The normalized spacial score (nSPS) is 10.2. The number of pyridine rings is 1. The Balaban J connectivity index is 2.27. The van der Waals surface area contributed by atoms with Crippen LogP contribution in [-0.4, -0.2) is 22.0 Å². The summed E-state index contributed by atoms with van der Waals surface area (Å²) in [6, 6.07) is 4.41. The second-order valence-electron chi connectivity index (χ2n) is 3.77. The van der Waals surface area contributed by atoms with Gasteiger partial charge < -0.3 is 14.8 Å². The molecule has 19 heavy (non-hydrogen) atoms. The molecule has 0 radical (unpaired) electrons. The number of rotatable bonds is 4. The van der Waals surface area contributed by atoms with Crippen LogP contribution in [0.4, 0.5) is 5.82 Å². The molecule has 0 saturated carbocycles. The molecule has 98 valence electrons. The van der Waals surface area contributed by atoms with Crippen molar-refractivity contribution in [1.29, 1.82) is 0 Å².